The van der Waals surface area contributed by atoms with Crippen molar-refractivity contribution in [2.24, 2.45) is 0 Å². The summed E-state index contributed by atoms with van der Waals surface area (Å²) in [5.41, 5.74) is 0. The molecule has 0 fully saturated rings. The Morgan fingerprint density at radius 1 is 1.17 bits per heavy atom. The van der Waals surface area contributed by atoms with Crippen LogP contribution in [0.2, 0.25) is 0 Å². The van der Waals surface area contributed by atoms with Gasteiger partial charge >= 0.3 is 53.1 Å². The van der Waals surface area contributed by atoms with E-state index in [4.69, 9.17) is 5.85 Å². The summed E-state index contributed by atoms with van der Waals surface area (Å²) in [6.07, 6.45) is 0. The minimum absolute atomic E-state index is 0. The first kappa shape index (κ1) is 23.2. The second-order valence-electron chi connectivity index (χ2n) is 0. The third-order valence-corrected chi connectivity index (χ3v) is 0. The van der Waals surface area contributed by atoms with Gasteiger partial charge in [0.1, 0.15) is 0 Å². The van der Waals surface area contributed by atoms with Crippen LogP contribution in [0.25, 0.3) is 0 Å². The molecule has 0 atom stereocenters. The molecular formula is H4Al2O2Y2. The summed E-state index contributed by atoms with van der Waals surface area (Å²) in [6, 6.07) is 0. The van der Waals surface area contributed by atoms with Crippen LogP contribution in [0.5, 0.6) is 0 Å². The van der Waals surface area contributed by atoms with Gasteiger partial charge in [0, 0.05) is 32.7 Å². The van der Waals surface area contributed by atoms with Gasteiger partial charge in [-0.05, 0) is 0 Å². The van der Waals surface area contributed by atoms with Crippen molar-refractivity contribution in [2.45, 2.75) is 0 Å². The molecule has 6 heavy (non-hydrogen) atoms. The van der Waals surface area contributed by atoms with Crippen LogP contribution in [0.3, 0.4) is 0 Å². The molecule has 0 unspecified atom stereocenters. The van der Waals surface area contributed by atoms with Gasteiger partial charge in [-0.1, -0.05) is 0 Å². The normalized spacial score (nSPS) is 1.50. The minimum atomic E-state index is 0. The molecule has 1 radical (unpaired) electrons. The Morgan fingerprint density at radius 2 is 1.17 bits per heavy atom. The molecule has 0 aromatic heterocycles. The van der Waals surface area contributed by atoms with Crippen molar-refractivity contribution >= 4 is 33.6 Å². The molecule has 0 rings (SSSR count). The predicted molar refractivity (Wildman–Crippen MR) is 18.5 cm³/mol. The SMILES string of the molecule is [AlH3].[O]=[AlH].[O]=[Y].[Y]. The Labute approximate surface area is 101 Å². The molecule has 0 saturated carbocycles. The van der Waals surface area contributed by atoms with Crippen molar-refractivity contribution in [3.8, 4) is 0 Å². The Kier molecular flexibility index (Phi) is 174. The predicted octanol–water partition coefficient (Wildman–Crippen LogP) is -2.08. The van der Waals surface area contributed by atoms with E-state index in [2.05, 4.69) is 0 Å². The second kappa shape index (κ2) is 45.1. The van der Waals surface area contributed by atoms with Gasteiger partial charge in [0.05, 0.1) is 0 Å². The summed E-state index contributed by atoms with van der Waals surface area (Å²) in [5.74, 6) is 0. The molecule has 0 heterocycles. The molecule has 0 saturated heterocycles. The van der Waals surface area contributed by atoms with Crippen LogP contribution < -0.4 is 0 Å². The largest absolute Gasteiger partial charge is 0 e. The van der Waals surface area contributed by atoms with Crippen molar-refractivity contribution in [1.82, 2.24) is 0 Å². The number of hydrogen-bond donors (Lipinski definition) is 0. The van der Waals surface area contributed by atoms with Crippen LogP contribution in [0.4, 0.5) is 0 Å². The van der Waals surface area contributed by atoms with Crippen LogP contribution in [0.1, 0.15) is 0 Å². The van der Waals surface area contributed by atoms with Crippen molar-refractivity contribution < 1.29 is 69.6 Å². The fraction of sp³-hybridized carbons (Fsp3) is 0. The minimum Gasteiger partial charge on any atom is 0 e. The van der Waals surface area contributed by atoms with Crippen LogP contribution in [0, 0.1) is 0 Å². The number of hydrogen-bond acceptors (Lipinski definition) is 2. The maximum Gasteiger partial charge on any atom is 0 e. The summed E-state index contributed by atoms with van der Waals surface area (Å²) < 4.78 is 16.7. The van der Waals surface area contributed by atoms with Gasteiger partial charge in [0.2, 0.25) is 0 Å². The van der Waals surface area contributed by atoms with Crippen LogP contribution in [0.15, 0.2) is 0 Å². The Morgan fingerprint density at radius 3 is 1.17 bits per heavy atom. The second-order valence-corrected chi connectivity index (χ2v) is 0. The first-order valence-electron chi connectivity index (χ1n) is 0.524. The van der Waals surface area contributed by atoms with Crippen LogP contribution in [-0.2, 0) is 69.6 Å². The van der Waals surface area contributed by atoms with E-state index in [-0.39, 0.29) is 81.1 Å². The molecule has 0 aromatic rings. The third-order valence-electron chi connectivity index (χ3n) is 0. The molecule has 28 valence electrons. The zero-order valence-corrected chi connectivity index (χ0v) is 9.77. The van der Waals surface area contributed by atoms with Gasteiger partial charge in [-0.15, -0.1) is 0 Å². The summed E-state index contributed by atoms with van der Waals surface area (Å²) in [5, 5.41) is 0. The molecule has 0 aromatic carbocycles. The fourth-order valence-corrected chi connectivity index (χ4v) is 0. The van der Waals surface area contributed by atoms with Crippen molar-refractivity contribution in [2.75, 3.05) is 0 Å². The van der Waals surface area contributed by atoms with Crippen LogP contribution in [-0.4, -0.2) is 33.6 Å². The Bertz CT molecular complexity index is 11.5. The molecule has 0 amide bonds. The first-order chi connectivity index (χ1) is 2.00. The molecule has 0 spiro atoms. The topological polar surface area (TPSA) is 34.1 Å². The molecule has 2 nitrogen and oxygen atoms in total. The molecule has 0 aliphatic heterocycles. The van der Waals surface area contributed by atoms with Gasteiger partial charge in [-0.2, -0.15) is 0 Å². The Balaban J connectivity index is -0.00000000500. The maximum absolute atomic E-state index is 8.38. The van der Waals surface area contributed by atoms with E-state index in [9.17, 15) is 0 Å². The van der Waals surface area contributed by atoms with Crippen molar-refractivity contribution in [3.05, 3.63) is 0 Å². The van der Waals surface area contributed by atoms with Crippen LogP contribution >= 0.6 is 0 Å². The quantitative estimate of drug-likeness (QED) is 0.473. The van der Waals surface area contributed by atoms with E-state index in [1.54, 1.807) is 0 Å². The first-order valence-corrected chi connectivity index (χ1v) is 2.26. The molecule has 0 bridgehead atoms. The average Bonchev–Trinajstić information content (AvgIpc) is 1.50. The summed E-state index contributed by atoms with van der Waals surface area (Å²) in [7, 11) is 0. The Hall–Kier alpha value is 2.87. The molecular weight excluding hydrogens is 264 g/mol. The van der Waals surface area contributed by atoms with E-state index >= 15 is 0 Å². The molecule has 0 N–H and O–H groups in total. The van der Waals surface area contributed by atoms with Gasteiger partial charge in [0.15, 0.2) is 17.4 Å². The van der Waals surface area contributed by atoms with E-state index in [1.807, 2.05) is 0 Å². The van der Waals surface area contributed by atoms with Gasteiger partial charge < -0.3 is 0 Å². The third kappa shape index (κ3) is 28.7. The standard InChI is InChI=1S/2Al.2O.2Y.4H. The zero-order valence-electron chi connectivity index (χ0n) is 2.68. The molecule has 0 aliphatic carbocycles. The average molecular weight is 268 g/mol. The summed E-state index contributed by atoms with van der Waals surface area (Å²) in [4.78, 5) is 0. The monoisotopic (exact) mass is 268 g/mol. The summed E-state index contributed by atoms with van der Waals surface area (Å²) in [6.45, 7) is 0. The van der Waals surface area contributed by atoms with E-state index in [0.29, 0.717) is 16.2 Å². The molecule has 0 aliphatic rings. The van der Waals surface area contributed by atoms with Gasteiger partial charge in [0.25, 0.3) is 0 Å². The molecule has 6 heteroatoms. The number of rotatable bonds is 0. The van der Waals surface area contributed by atoms with E-state index in [0.717, 1.165) is 0 Å². The van der Waals surface area contributed by atoms with Gasteiger partial charge in [-0.25, -0.2) is 0 Å². The van der Waals surface area contributed by atoms with Gasteiger partial charge in [-0.3, -0.25) is 0 Å². The van der Waals surface area contributed by atoms with E-state index in [1.165, 1.54) is 0 Å². The maximum atomic E-state index is 8.38. The van der Waals surface area contributed by atoms with Crippen molar-refractivity contribution in [1.29, 1.82) is 0 Å². The van der Waals surface area contributed by atoms with E-state index < -0.39 is 0 Å². The summed E-state index contributed by atoms with van der Waals surface area (Å²) >= 11 is 0.711. The fourth-order valence-electron chi connectivity index (χ4n) is 0. The smallest absolute Gasteiger partial charge is 0 e. The van der Waals surface area contributed by atoms with Crippen molar-refractivity contribution in [3.63, 3.8) is 0 Å². The zero-order chi connectivity index (χ0) is 4.00.